The molecule has 0 aliphatic carbocycles. The molecule has 1 radical (unpaired) electrons. The second kappa shape index (κ2) is 7.28. The van der Waals surface area contributed by atoms with Gasteiger partial charge < -0.3 is 4.90 Å². The molecule has 14 heavy (non-hydrogen) atoms. The third-order valence-electron chi connectivity index (χ3n) is 3.33. The van der Waals surface area contributed by atoms with Crippen molar-refractivity contribution < 1.29 is 0 Å². The molecule has 1 aliphatic heterocycles. The first-order valence-electron chi connectivity index (χ1n) is 6.34. The summed E-state index contributed by atoms with van der Waals surface area (Å²) in [4.78, 5) is 2.62. The van der Waals surface area contributed by atoms with Gasteiger partial charge in [0.2, 0.25) is 0 Å². The Morgan fingerprint density at radius 3 is 2.50 bits per heavy atom. The summed E-state index contributed by atoms with van der Waals surface area (Å²) in [6.45, 7) is 10.3. The Labute approximate surface area is 89.9 Å². The molecule has 0 amide bonds. The number of unbranched alkanes of at least 4 members (excludes halogenated alkanes) is 2. The molecule has 1 fully saturated rings. The molecule has 1 rings (SSSR count). The van der Waals surface area contributed by atoms with E-state index in [4.69, 9.17) is 0 Å². The Balaban J connectivity index is 1.93. The van der Waals surface area contributed by atoms with Gasteiger partial charge in [-0.05, 0) is 44.8 Å². The summed E-state index contributed by atoms with van der Waals surface area (Å²) in [5, 5.41) is 0. The van der Waals surface area contributed by atoms with Crippen molar-refractivity contribution in [2.45, 2.75) is 51.9 Å². The normalized spacial score (nSPS) is 20.1. The smallest absolute Gasteiger partial charge is 0.00162 e. The van der Waals surface area contributed by atoms with Crippen molar-refractivity contribution in [3.8, 4) is 0 Å². The highest BCUT2D eigenvalue weighted by molar-refractivity contribution is 4.67. The first-order valence-corrected chi connectivity index (χ1v) is 6.34. The van der Waals surface area contributed by atoms with Gasteiger partial charge in [0, 0.05) is 0 Å². The zero-order valence-electron chi connectivity index (χ0n) is 9.80. The van der Waals surface area contributed by atoms with E-state index >= 15 is 0 Å². The Kier molecular flexibility index (Phi) is 6.25. The molecule has 1 nitrogen and oxygen atoms in total. The van der Waals surface area contributed by atoms with Gasteiger partial charge in [0.25, 0.3) is 0 Å². The van der Waals surface area contributed by atoms with Crippen LogP contribution in [0.1, 0.15) is 51.9 Å². The molecule has 83 valence electrons. The van der Waals surface area contributed by atoms with E-state index < -0.39 is 0 Å². The van der Waals surface area contributed by atoms with Crippen molar-refractivity contribution >= 4 is 0 Å². The van der Waals surface area contributed by atoms with Gasteiger partial charge in [-0.2, -0.15) is 0 Å². The topological polar surface area (TPSA) is 3.24 Å². The summed E-state index contributed by atoms with van der Waals surface area (Å²) < 4.78 is 0. The molecule has 1 atom stereocenters. The second-order valence-corrected chi connectivity index (χ2v) is 4.79. The van der Waals surface area contributed by atoms with Crippen LogP contribution >= 0.6 is 0 Å². The number of hydrogen-bond acceptors (Lipinski definition) is 1. The lowest BCUT2D eigenvalue weighted by Crippen LogP contribution is -2.21. The largest absolute Gasteiger partial charge is 0.303 e. The number of hydrogen-bond donors (Lipinski definition) is 0. The molecule has 1 heterocycles. The number of likely N-dealkylation sites (tertiary alicyclic amines) is 1. The summed E-state index contributed by atoms with van der Waals surface area (Å²) >= 11 is 0. The first kappa shape index (κ1) is 12.0. The van der Waals surface area contributed by atoms with E-state index in [1.165, 1.54) is 58.2 Å². The van der Waals surface area contributed by atoms with Crippen molar-refractivity contribution in [1.29, 1.82) is 0 Å². The number of rotatable bonds is 7. The maximum Gasteiger partial charge on any atom is -0.00162 e. The van der Waals surface area contributed by atoms with Crippen molar-refractivity contribution in [2.24, 2.45) is 5.92 Å². The van der Waals surface area contributed by atoms with E-state index in [2.05, 4.69) is 18.7 Å². The molecule has 1 saturated heterocycles. The molecule has 0 N–H and O–H groups in total. The fourth-order valence-electron chi connectivity index (χ4n) is 2.22. The molecule has 0 spiro atoms. The van der Waals surface area contributed by atoms with E-state index in [1.54, 1.807) is 0 Å². The fourth-order valence-corrected chi connectivity index (χ4v) is 2.22. The highest BCUT2D eigenvalue weighted by Gasteiger charge is 2.12. The van der Waals surface area contributed by atoms with Gasteiger partial charge in [-0.25, -0.2) is 0 Å². The average Bonchev–Trinajstić information content (AvgIpc) is 2.68. The van der Waals surface area contributed by atoms with Gasteiger partial charge in [0.15, 0.2) is 0 Å². The van der Waals surface area contributed by atoms with Gasteiger partial charge in [0.05, 0.1) is 0 Å². The minimum absolute atomic E-state index is 0.919. The molecule has 0 saturated carbocycles. The van der Waals surface area contributed by atoms with Crippen LogP contribution in [0.15, 0.2) is 0 Å². The van der Waals surface area contributed by atoms with Crippen LogP contribution < -0.4 is 0 Å². The van der Waals surface area contributed by atoms with Gasteiger partial charge in [-0.1, -0.05) is 39.5 Å². The van der Waals surface area contributed by atoms with Crippen LogP contribution in [-0.2, 0) is 0 Å². The SMILES string of the molecule is [CH2]CCCCC(C)CCN1CCCC1. The van der Waals surface area contributed by atoms with E-state index in [1.807, 2.05) is 0 Å². The third kappa shape index (κ3) is 4.99. The third-order valence-corrected chi connectivity index (χ3v) is 3.33. The maximum atomic E-state index is 3.88. The standard InChI is InChI=1S/C13H26N/c1-3-4-5-8-13(2)9-12-14-10-6-7-11-14/h13H,1,3-12H2,2H3. The van der Waals surface area contributed by atoms with Gasteiger partial charge in [0.1, 0.15) is 0 Å². The molecule has 0 aromatic carbocycles. The van der Waals surface area contributed by atoms with E-state index in [0.29, 0.717) is 0 Å². The van der Waals surface area contributed by atoms with E-state index in [0.717, 1.165) is 12.3 Å². The van der Waals surface area contributed by atoms with Crippen molar-refractivity contribution in [2.75, 3.05) is 19.6 Å². The van der Waals surface area contributed by atoms with Gasteiger partial charge >= 0.3 is 0 Å². The zero-order chi connectivity index (χ0) is 10.2. The predicted molar refractivity (Wildman–Crippen MR) is 63.3 cm³/mol. The average molecular weight is 196 g/mol. The van der Waals surface area contributed by atoms with Crippen molar-refractivity contribution in [3.05, 3.63) is 6.92 Å². The minimum Gasteiger partial charge on any atom is -0.303 e. The lowest BCUT2D eigenvalue weighted by molar-refractivity contribution is 0.301. The van der Waals surface area contributed by atoms with Crippen LogP contribution in [-0.4, -0.2) is 24.5 Å². The van der Waals surface area contributed by atoms with Crippen LogP contribution in [0.2, 0.25) is 0 Å². The molecule has 1 aliphatic rings. The monoisotopic (exact) mass is 196 g/mol. The van der Waals surface area contributed by atoms with Crippen LogP contribution in [0.5, 0.6) is 0 Å². The summed E-state index contributed by atoms with van der Waals surface area (Å²) in [7, 11) is 0. The van der Waals surface area contributed by atoms with Crippen molar-refractivity contribution in [1.82, 2.24) is 4.90 Å². The zero-order valence-corrected chi connectivity index (χ0v) is 9.80. The summed E-state index contributed by atoms with van der Waals surface area (Å²) in [6.07, 6.45) is 9.46. The second-order valence-electron chi connectivity index (χ2n) is 4.79. The molecular formula is C13H26N. The molecule has 1 unspecified atom stereocenters. The minimum atomic E-state index is 0.919. The van der Waals surface area contributed by atoms with Crippen LogP contribution in [0.25, 0.3) is 0 Å². The van der Waals surface area contributed by atoms with Crippen molar-refractivity contribution in [3.63, 3.8) is 0 Å². The molecular weight excluding hydrogens is 170 g/mol. The molecule has 0 aromatic rings. The maximum absolute atomic E-state index is 3.88. The summed E-state index contributed by atoms with van der Waals surface area (Å²) in [5.74, 6) is 0.919. The summed E-state index contributed by atoms with van der Waals surface area (Å²) in [5.41, 5.74) is 0. The van der Waals surface area contributed by atoms with Crippen LogP contribution in [0.4, 0.5) is 0 Å². The Morgan fingerprint density at radius 2 is 1.86 bits per heavy atom. The van der Waals surface area contributed by atoms with E-state index in [-0.39, 0.29) is 0 Å². The Morgan fingerprint density at radius 1 is 1.14 bits per heavy atom. The predicted octanol–water partition coefficient (Wildman–Crippen LogP) is 3.50. The lowest BCUT2D eigenvalue weighted by atomic mass is 10.00. The van der Waals surface area contributed by atoms with Crippen LogP contribution in [0, 0.1) is 12.8 Å². The Hall–Kier alpha value is -0.0400. The number of nitrogens with zero attached hydrogens (tertiary/aromatic N) is 1. The Bertz CT molecular complexity index is 127. The van der Waals surface area contributed by atoms with Gasteiger partial charge in [-0.15, -0.1) is 0 Å². The first-order chi connectivity index (χ1) is 6.83. The fraction of sp³-hybridized carbons (Fsp3) is 0.923. The van der Waals surface area contributed by atoms with E-state index in [9.17, 15) is 0 Å². The molecule has 1 heteroatoms. The summed E-state index contributed by atoms with van der Waals surface area (Å²) in [6, 6.07) is 0. The highest BCUT2D eigenvalue weighted by Crippen LogP contribution is 2.15. The lowest BCUT2D eigenvalue weighted by Gasteiger charge is -2.17. The molecule has 0 aromatic heterocycles. The quantitative estimate of drug-likeness (QED) is 0.563. The highest BCUT2D eigenvalue weighted by atomic mass is 15.1. The van der Waals surface area contributed by atoms with Gasteiger partial charge in [-0.3, -0.25) is 0 Å². The molecule has 0 bridgehead atoms. The van der Waals surface area contributed by atoms with Crippen LogP contribution in [0.3, 0.4) is 0 Å².